The number of hydrogen-bond acceptors (Lipinski definition) is 6. The summed E-state index contributed by atoms with van der Waals surface area (Å²) in [5, 5.41) is 0. The Morgan fingerprint density at radius 3 is 2.83 bits per heavy atom. The highest BCUT2D eigenvalue weighted by Gasteiger charge is 2.33. The minimum Gasteiger partial charge on any atom is -0.466 e. The number of carbonyl (C=O) groups is 1. The van der Waals surface area contributed by atoms with Gasteiger partial charge in [0.05, 0.1) is 12.7 Å². The van der Waals surface area contributed by atoms with E-state index in [-0.39, 0.29) is 12.7 Å². The Hall–Kier alpha value is -2.23. The average molecular weight is 405 g/mol. The fourth-order valence-corrected chi connectivity index (χ4v) is 3.49. The number of ether oxygens (including phenoxy) is 4. The highest BCUT2D eigenvalue weighted by atomic mass is 16.7. The first kappa shape index (κ1) is 23.1. The number of hydrogen-bond donors (Lipinski definition) is 0. The van der Waals surface area contributed by atoms with E-state index in [0.29, 0.717) is 19.3 Å². The summed E-state index contributed by atoms with van der Waals surface area (Å²) in [6, 6.07) is 2.05. The van der Waals surface area contributed by atoms with E-state index in [2.05, 4.69) is 30.1 Å². The summed E-state index contributed by atoms with van der Waals surface area (Å²) in [6.45, 7) is 10.3. The van der Waals surface area contributed by atoms with E-state index in [9.17, 15) is 4.79 Å². The van der Waals surface area contributed by atoms with Crippen molar-refractivity contribution in [3.8, 4) is 11.8 Å². The first-order valence-corrected chi connectivity index (χ1v) is 9.86. The van der Waals surface area contributed by atoms with Crippen LogP contribution in [0.25, 0.3) is 0 Å². The van der Waals surface area contributed by atoms with Gasteiger partial charge in [-0.2, -0.15) is 0 Å². The first-order chi connectivity index (χ1) is 13.8. The number of carbonyl (C=O) groups excluding carboxylic acids is 1. The third-order valence-corrected chi connectivity index (χ3v) is 5.18. The number of rotatable bonds is 5. The van der Waals surface area contributed by atoms with Gasteiger partial charge in [-0.25, -0.2) is 4.79 Å². The smallest absolute Gasteiger partial charge is 0.466 e. The highest BCUT2D eigenvalue weighted by molar-refractivity contribution is 5.60. The fourth-order valence-electron chi connectivity index (χ4n) is 3.49. The number of methoxy groups -OCH3 is 2. The van der Waals surface area contributed by atoms with Gasteiger partial charge in [0.1, 0.15) is 18.3 Å². The van der Waals surface area contributed by atoms with Gasteiger partial charge in [0.2, 0.25) is 0 Å². The Morgan fingerprint density at radius 1 is 1.41 bits per heavy atom. The Kier molecular flexibility index (Phi) is 8.36. The van der Waals surface area contributed by atoms with Crippen LogP contribution >= 0.6 is 0 Å². The molecule has 0 saturated heterocycles. The van der Waals surface area contributed by atoms with Gasteiger partial charge in [0, 0.05) is 32.8 Å². The molecule has 3 atom stereocenters. The molecule has 1 aromatic heterocycles. The van der Waals surface area contributed by atoms with E-state index in [4.69, 9.17) is 18.6 Å². The van der Waals surface area contributed by atoms with Gasteiger partial charge in [-0.1, -0.05) is 24.0 Å². The number of fused-ring (bicyclic) bond motifs is 2. The van der Waals surface area contributed by atoms with E-state index in [1.165, 1.54) is 7.11 Å². The molecule has 0 N–H and O–H groups in total. The molecular formula is C23H32O6. The summed E-state index contributed by atoms with van der Waals surface area (Å²) in [6.07, 6.45) is 1.75. The van der Waals surface area contributed by atoms with E-state index in [0.717, 1.165) is 35.5 Å². The van der Waals surface area contributed by atoms with Gasteiger partial charge in [-0.15, -0.1) is 0 Å². The first-order valence-electron chi connectivity index (χ1n) is 9.86. The highest BCUT2D eigenvalue weighted by Crippen LogP contribution is 2.30. The van der Waals surface area contributed by atoms with Crippen LogP contribution < -0.4 is 0 Å². The summed E-state index contributed by atoms with van der Waals surface area (Å²) in [5.74, 6) is 8.29. The fraction of sp³-hybridized carbons (Fsp3) is 0.609. The van der Waals surface area contributed by atoms with Crippen molar-refractivity contribution < 1.29 is 28.2 Å². The van der Waals surface area contributed by atoms with E-state index in [1.54, 1.807) is 7.11 Å². The second-order valence-electron chi connectivity index (χ2n) is 7.87. The molecule has 0 radical (unpaired) electrons. The summed E-state index contributed by atoms with van der Waals surface area (Å²) in [4.78, 5) is 11.7. The van der Waals surface area contributed by atoms with E-state index in [1.807, 2.05) is 19.9 Å². The monoisotopic (exact) mass is 404 g/mol. The minimum atomic E-state index is -0.765. The molecule has 0 amide bonds. The van der Waals surface area contributed by atoms with Crippen molar-refractivity contribution in [3.63, 3.8) is 0 Å². The van der Waals surface area contributed by atoms with Gasteiger partial charge >= 0.3 is 6.16 Å². The Balaban J connectivity index is 2.38. The van der Waals surface area contributed by atoms with Crippen LogP contribution in [0, 0.1) is 24.7 Å². The molecule has 2 bridgehead atoms. The number of aryl methyl sites for hydroxylation is 1. The molecule has 2 heterocycles. The molecule has 0 spiro atoms. The summed E-state index contributed by atoms with van der Waals surface area (Å²) in [7, 11) is 2.85. The van der Waals surface area contributed by atoms with Crippen LogP contribution in [-0.4, -0.2) is 38.9 Å². The van der Waals surface area contributed by atoms with Gasteiger partial charge < -0.3 is 23.4 Å². The molecule has 0 aromatic carbocycles. The topological polar surface area (TPSA) is 67.1 Å². The minimum absolute atomic E-state index is 0.110. The third-order valence-electron chi connectivity index (χ3n) is 5.18. The van der Waals surface area contributed by atoms with Crippen molar-refractivity contribution >= 4 is 6.16 Å². The molecule has 1 aromatic rings. The van der Waals surface area contributed by atoms with Crippen LogP contribution in [0.15, 0.2) is 22.6 Å². The summed E-state index contributed by atoms with van der Waals surface area (Å²) < 4.78 is 27.3. The van der Waals surface area contributed by atoms with E-state index < -0.39 is 17.9 Å². The van der Waals surface area contributed by atoms with Crippen molar-refractivity contribution in [1.82, 2.24) is 0 Å². The Morgan fingerprint density at radius 2 is 2.17 bits per heavy atom. The zero-order valence-electron chi connectivity index (χ0n) is 18.1. The number of allylic oxidation sites excluding steroid dienone is 1. The van der Waals surface area contributed by atoms with Crippen molar-refractivity contribution in [1.29, 1.82) is 0 Å². The lowest BCUT2D eigenvalue weighted by molar-refractivity contribution is -0.135. The van der Waals surface area contributed by atoms with Crippen LogP contribution in [0.5, 0.6) is 0 Å². The third kappa shape index (κ3) is 6.95. The van der Waals surface area contributed by atoms with E-state index >= 15 is 0 Å². The molecule has 0 aliphatic carbocycles. The van der Waals surface area contributed by atoms with Gasteiger partial charge in [0.15, 0.2) is 6.10 Å². The van der Waals surface area contributed by atoms with Gasteiger partial charge in [-0.3, -0.25) is 0 Å². The Labute approximate surface area is 173 Å². The lowest BCUT2D eigenvalue weighted by Gasteiger charge is -2.30. The second kappa shape index (κ2) is 10.5. The average Bonchev–Trinajstić information content (AvgIpc) is 3.00. The summed E-state index contributed by atoms with van der Waals surface area (Å²) >= 11 is 0. The van der Waals surface area contributed by atoms with Crippen LogP contribution in [0.1, 0.15) is 50.2 Å². The number of furan rings is 1. The van der Waals surface area contributed by atoms with Crippen molar-refractivity contribution in [3.05, 3.63) is 35.3 Å². The quantitative estimate of drug-likeness (QED) is 0.310. The molecule has 6 heteroatoms. The van der Waals surface area contributed by atoms with Gasteiger partial charge in [-0.05, 0) is 44.7 Å². The normalized spacial score (nSPS) is 24.9. The molecule has 29 heavy (non-hydrogen) atoms. The lowest BCUT2D eigenvalue weighted by atomic mass is 9.90. The van der Waals surface area contributed by atoms with Crippen LogP contribution in [-0.2, 0) is 31.8 Å². The predicted octanol–water partition coefficient (Wildman–Crippen LogP) is 4.58. The van der Waals surface area contributed by atoms with Crippen molar-refractivity contribution in [2.24, 2.45) is 5.92 Å². The SMILES string of the molecule is C=C(C)[C@H]1CCC#CC(OC(=O)OC)CC(C)(OCOC)Cc2cc(C)c(o2)C1. The summed E-state index contributed by atoms with van der Waals surface area (Å²) in [5.41, 5.74) is 1.52. The lowest BCUT2D eigenvalue weighted by Crippen LogP contribution is -2.37. The standard InChI is InChI=1S/C23H32O6/c1-16(2)18-9-7-8-10-19(29-22(24)26-6)13-23(4,27-15-25-5)14-20-11-17(3)21(12-18)28-20/h11,18-19H,1,7,9,12-15H2,2-6H3/t18-,19?,23?/m0/s1. The molecule has 1 aliphatic heterocycles. The van der Waals surface area contributed by atoms with Crippen LogP contribution in [0.3, 0.4) is 0 Å². The van der Waals surface area contributed by atoms with Crippen molar-refractivity contribution in [2.75, 3.05) is 21.0 Å². The second-order valence-corrected chi connectivity index (χ2v) is 7.87. The molecular weight excluding hydrogens is 372 g/mol. The largest absolute Gasteiger partial charge is 0.509 e. The molecule has 0 fully saturated rings. The zero-order chi connectivity index (χ0) is 21.4. The molecule has 2 rings (SSSR count). The van der Waals surface area contributed by atoms with Crippen molar-refractivity contribution in [2.45, 2.75) is 64.6 Å². The maximum atomic E-state index is 11.7. The van der Waals surface area contributed by atoms with Gasteiger partial charge in [0.25, 0.3) is 0 Å². The maximum absolute atomic E-state index is 11.7. The van der Waals surface area contributed by atoms with Crippen LogP contribution in [0.4, 0.5) is 4.79 Å². The molecule has 1 aliphatic rings. The van der Waals surface area contributed by atoms with Crippen LogP contribution in [0.2, 0.25) is 0 Å². The maximum Gasteiger partial charge on any atom is 0.509 e. The molecule has 0 saturated carbocycles. The molecule has 2 unspecified atom stereocenters. The molecule has 160 valence electrons. The Bertz CT molecular complexity index is 768. The predicted molar refractivity (Wildman–Crippen MR) is 109 cm³/mol. The molecule has 6 nitrogen and oxygen atoms in total. The zero-order valence-corrected chi connectivity index (χ0v) is 18.1.